The van der Waals surface area contributed by atoms with Crippen LogP contribution in [0.2, 0.25) is 0 Å². The van der Waals surface area contributed by atoms with Gasteiger partial charge in [-0.05, 0) is 6.92 Å². The molecule has 0 saturated carbocycles. The Kier molecular flexibility index (Phi) is 2.26. The fourth-order valence-electron chi connectivity index (χ4n) is 1.30. The van der Waals surface area contributed by atoms with Crippen LogP contribution in [-0.4, -0.2) is 30.7 Å². The number of hydrogen-bond acceptors (Lipinski definition) is 4. The zero-order valence-corrected chi connectivity index (χ0v) is 8.36. The Bertz CT molecular complexity index is 605. The summed E-state index contributed by atoms with van der Waals surface area (Å²) in [5, 5.41) is 12.0. The van der Waals surface area contributed by atoms with Crippen LogP contribution in [0.15, 0.2) is 6.20 Å². The predicted octanol–water partition coefficient (Wildman–Crippen LogP) is 1.15. The van der Waals surface area contributed by atoms with Gasteiger partial charge in [-0.1, -0.05) is 0 Å². The molecule has 0 bridgehead atoms. The smallest absolute Gasteiger partial charge is 0.453 e. The lowest BCUT2D eigenvalue weighted by molar-refractivity contribution is -0.144. The molecule has 0 fully saturated rings. The van der Waals surface area contributed by atoms with Crippen molar-refractivity contribution in [2.75, 3.05) is 0 Å². The van der Waals surface area contributed by atoms with E-state index in [2.05, 4.69) is 15.1 Å². The Hall–Kier alpha value is -2.19. The first kappa shape index (κ1) is 11.3. The Morgan fingerprint density at radius 2 is 2.12 bits per heavy atom. The third kappa shape index (κ3) is 1.79. The second-order valence-electron chi connectivity index (χ2n) is 3.24. The van der Waals surface area contributed by atoms with Gasteiger partial charge in [-0.3, -0.25) is 0 Å². The molecule has 17 heavy (non-hydrogen) atoms. The SMILES string of the molecule is Cc1cnc2nc(C(F)(F)F)nn2c1C(=O)O. The molecule has 0 amide bonds. The molecule has 2 heterocycles. The second kappa shape index (κ2) is 3.40. The van der Waals surface area contributed by atoms with Crippen molar-refractivity contribution >= 4 is 11.7 Å². The van der Waals surface area contributed by atoms with Crippen molar-refractivity contribution in [3.8, 4) is 0 Å². The summed E-state index contributed by atoms with van der Waals surface area (Å²) in [4.78, 5) is 17.6. The van der Waals surface area contributed by atoms with Crippen molar-refractivity contribution < 1.29 is 23.1 Å². The van der Waals surface area contributed by atoms with E-state index in [1.807, 2.05) is 0 Å². The predicted molar refractivity (Wildman–Crippen MR) is 47.5 cm³/mol. The van der Waals surface area contributed by atoms with Gasteiger partial charge in [0.05, 0.1) is 0 Å². The van der Waals surface area contributed by atoms with Crippen LogP contribution in [0.1, 0.15) is 21.9 Å². The van der Waals surface area contributed by atoms with Crippen molar-refractivity contribution in [2.24, 2.45) is 0 Å². The topological polar surface area (TPSA) is 80.4 Å². The summed E-state index contributed by atoms with van der Waals surface area (Å²) in [6.07, 6.45) is -3.61. The molecule has 0 atom stereocenters. The van der Waals surface area contributed by atoms with Crippen molar-refractivity contribution in [1.29, 1.82) is 0 Å². The molecule has 0 saturated heterocycles. The Labute approximate surface area is 91.7 Å². The maximum absolute atomic E-state index is 12.3. The van der Waals surface area contributed by atoms with E-state index in [9.17, 15) is 18.0 Å². The second-order valence-corrected chi connectivity index (χ2v) is 3.24. The van der Waals surface area contributed by atoms with Gasteiger partial charge in [0.1, 0.15) is 0 Å². The normalized spacial score (nSPS) is 12.0. The number of aromatic nitrogens is 4. The van der Waals surface area contributed by atoms with Gasteiger partial charge < -0.3 is 5.11 Å². The molecule has 0 aromatic carbocycles. The molecule has 0 radical (unpaired) electrons. The van der Waals surface area contributed by atoms with Gasteiger partial charge >= 0.3 is 12.1 Å². The zero-order chi connectivity index (χ0) is 12.8. The molecule has 1 N–H and O–H groups in total. The Morgan fingerprint density at radius 1 is 1.47 bits per heavy atom. The first-order valence-electron chi connectivity index (χ1n) is 4.33. The minimum absolute atomic E-state index is 0.198. The molecule has 2 aromatic heterocycles. The van der Waals surface area contributed by atoms with Gasteiger partial charge in [0.25, 0.3) is 11.6 Å². The van der Waals surface area contributed by atoms with Crippen LogP contribution in [0, 0.1) is 6.92 Å². The number of carbonyl (C=O) groups is 1. The molecular formula is C8H5F3N4O2. The molecule has 0 aliphatic rings. The number of aryl methyl sites for hydroxylation is 1. The molecule has 2 rings (SSSR count). The van der Waals surface area contributed by atoms with E-state index in [-0.39, 0.29) is 5.56 Å². The first-order chi connectivity index (χ1) is 7.80. The quantitative estimate of drug-likeness (QED) is 0.816. The van der Waals surface area contributed by atoms with Gasteiger partial charge in [0.15, 0.2) is 5.69 Å². The van der Waals surface area contributed by atoms with Crippen molar-refractivity contribution in [2.45, 2.75) is 13.1 Å². The number of carboxylic acids is 1. The minimum atomic E-state index is -4.74. The number of carboxylic acid groups (broad SMARTS) is 1. The van der Waals surface area contributed by atoms with Crippen LogP contribution < -0.4 is 0 Å². The standard InChI is InChI=1S/C8H5F3N4O2/c1-3-2-12-7-13-6(8(9,10)11)14-15(7)4(3)5(16)17/h2H,1H3,(H,16,17). The van der Waals surface area contributed by atoms with Gasteiger partial charge in [0, 0.05) is 11.8 Å². The van der Waals surface area contributed by atoms with E-state index in [1.165, 1.54) is 6.92 Å². The van der Waals surface area contributed by atoms with Gasteiger partial charge in [-0.15, -0.1) is 5.10 Å². The van der Waals surface area contributed by atoms with Gasteiger partial charge in [-0.2, -0.15) is 22.7 Å². The molecule has 0 aliphatic heterocycles. The molecular weight excluding hydrogens is 241 g/mol. The van der Waals surface area contributed by atoms with Crippen LogP contribution in [0.5, 0.6) is 0 Å². The molecule has 2 aromatic rings. The summed E-state index contributed by atoms with van der Waals surface area (Å²) in [6.45, 7) is 1.41. The van der Waals surface area contributed by atoms with Crippen LogP contribution in [0.3, 0.4) is 0 Å². The van der Waals surface area contributed by atoms with Crippen molar-refractivity contribution in [3.63, 3.8) is 0 Å². The van der Waals surface area contributed by atoms with Crippen molar-refractivity contribution in [1.82, 2.24) is 19.6 Å². The first-order valence-corrected chi connectivity index (χ1v) is 4.33. The van der Waals surface area contributed by atoms with Gasteiger partial charge in [0.2, 0.25) is 0 Å². The highest BCUT2D eigenvalue weighted by Crippen LogP contribution is 2.26. The van der Waals surface area contributed by atoms with Crippen LogP contribution in [0.25, 0.3) is 5.78 Å². The number of hydrogen-bond donors (Lipinski definition) is 1. The summed E-state index contributed by atoms with van der Waals surface area (Å²) in [6, 6.07) is 0. The number of aromatic carboxylic acids is 1. The zero-order valence-electron chi connectivity index (χ0n) is 8.36. The highest BCUT2D eigenvalue weighted by molar-refractivity contribution is 5.87. The fraction of sp³-hybridized carbons (Fsp3) is 0.250. The lowest BCUT2D eigenvalue weighted by Crippen LogP contribution is -2.11. The molecule has 9 heteroatoms. The summed E-state index contributed by atoms with van der Waals surface area (Å²) >= 11 is 0. The summed E-state index contributed by atoms with van der Waals surface area (Å²) in [5.41, 5.74) is -0.193. The Balaban J connectivity index is 2.78. The van der Waals surface area contributed by atoms with Crippen LogP contribution in [0.4, 0.5) is 13.2 Å². The van der Waals surface area contributed by atoms with E-state index in [0.29, 0.717) is 4.52 Å². The van der Waals surface area contributed by atoms with E-state index in [4.69, 9.17) is 5.11 Å². The number of rotatable bonds is 1. The molecule has 0 spiro atoms. The lowest BCUT2D eigenvalue weighted by atomic mass is 10.2. The van der Waals surface area contributed by atoms with E-state index in [0.717, 1.165) is 6.20 Å². The summed E-state index contributed by atoms with van der Waals surface area (Å²) in [7, 11) is 0. The Morgan fingerprint density at radius 3 is 2.65 bits per heavy atom. The maximum Gasteiger partial charge on any atom is 0.453 e. The third-order valence-corrected chi connectivity index (χ3v) is 2.01. The van der Waals surface area contributed by atoms with E-state index < -0.39 is 29.4 Å². The highest BCUT2D eigenvalue weighted by atomic mass is 19.4. The summed E-state index contributed by atoms with van der Waals surface area (Å²) < 4.78 is 37.6. The van der Waals surface area contributed by atoms with Gasteiger partial charge in [-0.25, -0.2) is 9.78 Å². The molecule has 0 aliphatic carbocycles. The number of nitrogens with zero attached hydrogens (tertiary/aromatic N) is 4. The third-order valence-electron chi connectivity index (χ3n) is 2.01. The molecule has 0 unspecified atom stereocenters. The minimum Gasteiger partial charge on any atom is -0.476 e. The average molecular weight is 246 g/mol. The van der Waals surface area contributed by atoms with E-state index >= 15 is 0 Å². The largest absolute Gasteiger partial charge is 0.476 e. The molecule has 6 nitrogen and oxygen atoms in total. The molecule has 90 valence electrons. The van der Waals surface area contributed by atoms with Crippen molar-refractivity contribution in [3.05, 3.63) is 23.3 Å². The fourth-order valence-corrected chi connectivity index (χ4v) is 1.30. The van der Waals surface area contributed by atoms with Crippen LogP contribution in [-0.2, 0) is 6.18 Å². The average Bonchev–Trinajstić information content (AvgIpc) is 2.59. The van der Waals surface area contributed by atoms with E-state index in [1.54, 1.807) is 0 Å². The maximum atomic E-state index is 12.3. The lowest BCUT2D eigenvalue weighted by Gasteiger charge is -2.01. The highest BCUT2D eigenvalue weighted by Gasteiger charge is 2.37. The number of halogens is 3. The number of alkyl halides is 3. The monoisotopic (exact) mass is 246 g/mol. The van der Waals surface area contributed by atoms with Crippen LogP contribution >= 0.6 is 0 Å². The summed E-state index contributed by atoms with van der Waals surface area (Å²) in [5.74, 6) is -3.22. The number of fused-ring (bicyclic) bond motifs is 1.